The lowest BCUT2D eigenvalue weighted by molar-refractivity contribution is 0.101. The maximum Gasteiger partial charge on any atom is 0.159 e. The summed E-state index contributed by atoms with van der Waals surface area (Å²) < 4.78 is 27.1. The molecule has 0 unspecified atom stereocenters. The molecule has 0 heterocycles. The first-order valence-electron chi connectivity index (χ1n) is 5.79. The SMILES string of the molecule is CC(=O)c1ccc(N(C)c2cccc(F)c2)c(F)c1. The lowest BCUT2D eigenvalue weighted by Crippen LogP contribution is -2.12. The number of ketones is 1. The molecule has 2 aromatic rings. The maximum absolute atomic E-state index is 14.0. The van der Waals surface area contributed by atoms with Crippen LogP contribution in [0.25, 0.3) is 0 Å². The molecule has 2 nitrogen and oxygen atoms in total. The van der Waals surface area contributed by atoms with Crippen LogP contribution in [-0.2, 0) is 0 Å². The van der Waals surface area contributed by atoms with Gasteiger partial charge in [0.2, 0.25) is 0 Å². The van der Waals surface area contributed by atoms with Crippen LogP contribution in [0.2, 0.25) is 0 Å². The van der Waals surface area contributed by atoms with Gasteiger partial charge in [0.25, 0.3) is 0 Å². The normalized spacial score (nSPS) is 10.3. The van der Waals surface area contributed by atoms with Crippen molar-refractivity contribution in [1.82, 2.24) is 0 Å². The summed E-state index contributed by atoms with van der Waals surface area (Å²) in [5.74, 6) is -1.09. The summed E-state index contributed by atoms with van der Waals surface area (Å²) in [4.78, 5) is 12.7. The van der Waals surface area contributed by atoms with Crippen molar-refractivity contribution in [2.45, 2.75) is 6.92 Å². The van der Waals surface area contributed by atoms with E-state index in [0.29, 0.717) is 11.3 Å². The van der Waals surface area contributed by atoms with Crippen molar-refractivity contribution in [2.24, 2.45) is 0 Å². The lowest BCUT2D eigenvalue weighted by atomic mass is 10.1. The average molecular weight is 261 g/mol. The van der Waals surface area contributed by atoms with Crippen LogP contribution in [0.1, 0.15) is 17.3 Å². The summed E-state index contributed by atoms with van der Waals surface area (Å²) in [6.07, 6.45) is 0. The maximum atomic E-state index is 14.0. The number of halogens is 2. The molecule has 0 aliphatic carbocycles. The minimum absolute atomic E-state index is 0.196. The van der Waals surface area contributed by atoms with Gasteiger partial charge in [-0.25, -0.2) is 8.78 Å². The summed E-state index contributed by atoms with van der Waals surface area (Å²) in [6.45, 7) is 1.38. The van der Waals surface area contributed by atoms with Gasteiger partial charge in [-0.05, 0) is 43.3 Å². The van der Waals surface area contributed by atoms with E-state index in [1.54, 1.807) is 25.2 Å². The predicted octanol–water partition coefficient (Wildman–Crippen LogP) is 3.94. The summed E-state index contributed by atoms with van der Waals surface area (Å²) in [6, 6.07) is 10.1. The molecule has 0 bridgehead atoms. The second kappa shape index (κ2) is 5.18. The molecule has 0 aliphatic rings. The second-order valence-corrected chi connectivity index (χ2v) is 4.26. The molecule has 98 valence electrons. The van der Waals surface area contributed by atoms with Gasteiger partial charge >= 0.3 is 0 Å². The minimum Gasteiger partial charge on any atom is -0.342 e. The van der Waals surface area contributed by atoms with E-state index in [-0.39, 0.29) is 17.3 Å². The van der Waals surface area contributed by atoms with Crippen molar-refractivity contribution in [3.05, 3.63) is 59.7 Å². The van der Waals surface area contributed by atoms with E-state index in [0.717, 1.165) is 0 Å². The Bertz CT molecular complexity index is 625. The second-order valence-electron chi connectivity index (χ2n) is 4.26. The van der Waals surface area contributed by atoms with Crippen LogP contribution in [-0.4, -0.2) is 12.8 Å². The summed E-state index contributed by atoms with van der Waals surface area (Å²) in [7, 11) is 1.64. The highest BCUT2D eigenvalue weighted by molar-refractivity contribution is 5.94. The Hall–Kier alpha value is -2.23. The topological polar surface area (TPSA) is 20.3 Å². The summed E-state index contributed by atoms with van der Waals surface area (Å²) in [5, 5.41) is 0. The van der Waals surface area contributed by atoms with Crippen LogP contribution in [0.5, 0.6) is 0 Å². The van der Waals surface area contributed by atoms with E-state index >= 15 is 0 Å². The highest BCUT2D eigenvalue weighted by atomic mass is 19.1. The number of carbonyl (C=O) groups excluding carboxylic acids is 1. The van der Waals surface area contributed by atoms with Crippen molar-refractivity contribution in [3.63, 3.8) is 0 Å². The first-order valence-corrected chi connectivity index (χ1v) is 5.79. The van der Waals surface area contributed by atoms with Gasteiger partial charge in [-0.1, -0.05) is 6.07 Å². The number of rotatable bonds is 3. The third-order valence-corrected chi connectivity index (χ3v) is 2.91. The molecule has 0 amide bonds. The van der Waals surface area contributed by atoms with Crippen LogP contribution in [0, 0.1) is 11.6 Å². The average Bonchev–Trinajstić information content (AvgIpc) is 2.37. The van der Waals surface area contributed by atoms with E-state index in [9.17, 15) is 13.6 Å². The van der Waals surface area contributed by atoms with Crippen LogP contribution in [0.15, 0.2) is 42.5 Å². The molecule has 0 atom stereocenters. The van der Waals surface area contributed by atoms with Gasteiger partial charge in [0.1, 0.15) is 11.6 Å². The van der Waals surface area contributed by atoms with Crippen molar-refractivity contribution in [1.29, 1.82) is 0 Å². The van der Waals surface area contributed by atoms with Crippen molar-refractivity contribution in [2.75, 3.05) is 11.9 Å². The Balaban J connectivity index is 2.39. The summed E-state index contributed by atoms with van der Waals surface area (Å²) in [5.41, 5.74) is 1.14. The number of benzene rings is 2. The molecule has 4 heteroatoms. The zero-order valence-corrected chi connectivity index (χ0v) is 10.7. The molecular formula is C15H13F2NO. The van der Waals surface area contributed by atoms with Gasteiger partial charge in [0.05, 0.1) is 5.69 Å². The first kappa shape index (κ1) is 13.2. The fourth-order valence-corrected chi connectivity index (χ4v) is 1.82. The lowest BCUT2D eigenvalue weighted by Gasteiger charge is -2.20. The molecule has 0 saturated heterocycles. The molecule has 0 saturated carbocycles. The third-order valence-electron chi connectivity index (χ3n) is 2.91. The number of anilines is 2. The highest BCUT2D eigenvalue weighted by Gasteiger charge is 2.12. The highest BCUT2D eigenvalue weighted by Crippen LogP contribution is 2.27. The Morgan fingerprint density at radius 3 is 2.42 bits per heavy atom. The Kier molecular flexibility index (Phi) is 3.60. The van der Waals surface area contributed by atoms with Gasteiger partial charge < -0.3 is 4.90 Å². The molecular weight excluding hydrogens is 248 g/mol. The van der Waals surface area contributed by atoms with Gasteiger partial charge in [0, 0.05) is 18.3 Å². The van der Waals surface area contributed by atoms with E-state index < -0.39 is 5.82 Å². The molecule has 0 aromatic heterocycles. The van der Waals surface area contributed by atoms with Gasteiger partial charge in [-0.3, -0.25) is 4.79 Å². The number of Topliss-reactive ketones (excluding diaryl/α,β-unsaturated/α-hetero) is 1. The largest absolute Gasteiger partial charge is 0.342 e. The quantitative estimate of drug-likeness (QED) is 0.780. The Labute approximate surface area is 110 Å². The monoisotopic (exact) mass is 261 g/mol. The van der Waals surface area contributed by atoms with E-state index in [4.69, 9.17) is 0 Å². The molecule has 0 fully saturated rings. The molecule has 0 N–H and O–H groups in total. The molecule has 0 radical (unpaired) electrons. The number of hydrogen-bond acceptors (Lipinski definition) is 2. The van der Waals surface area contributed by atoms with Gasteiger partial charge in [-0.15, -0.1) is 0 Å². The zero-order chi connectivity index (χ0) is 14.0. The van der Waals surface area contributed by atoms with Crippen LogP contribution >= 0.6 is 0 Å². The Morgan fingerprint density at radius 1 is 1.11 bits per heavy atom. The molecule has 2 aromatic carbocycles. The van der Waals surface area contributed by atoms with Crippen LogP contribution in [0.3, 0.4) is 0 Å². The molecule has 19 heavy (non-hydrogen) atoms. The fraction of sp³-hybridized carbons (Fsp3) is 0.133. The van der Waals surface area contributed by atoms with Gasteiger partial charge in [-0.2, -0.15) is 0 Å². The Morgan fingerprint density at radius 2 is 1.84 bits per heavy atom. The smallest absolute Gasteiger partial charge is 0.159 e. The molecule has 2 rings (SSSR count). The standard InChI is InChI=1S/C15H13F2NO/c1-10(19)11-6-7-15(14(17)8-11)18(2)13-5-3-4-12(16)9-13/h3-9H,1-2H3. The van der Waals surface area contributed by atoms with E-state index in [2.05, 4.69) is 0 Å². The number of carbonyl (C=O) groups is 1. The van der Waals surface area contributed by atoms with E-state index in [1.807, 2.05) is 0 Å². The molecule has 0 aliphatic heterocycles. The summed E-state index contributed by atoms with van der Waals surface area (Å²) >= 11 is 0. The van der Waals surface area contributed by atoms with Crippen molar-refractivity contribution >= 4 is 17.2 Å². The molecule has 0 spiro atoms. The predicted molar refractivity (Wildman–Crippen MR) is 70.9 cm³/mol. The number of nitrogens with zero attached hydrogens (tertiary/aromatic N) is 1. The van der Waals surface area contributed by atoms with E-state index in [1.165, 1.54) is 36.1 Å². The first-order chi connectivity index (χ1) is 8.99. The number of hydrogen-bond donors (Lipinski definition) is 0. The fourth-order valence-electron chi connectivity index (χ4n) is 1.82. The minimum atomic E-state index is -0.514. The van der Waals surface area contributed by atoms with Crippen molar-refractivity contribution in [3.8, 4) is 0 Å². The van der Waals surface area contributed by atoms with Gasteiger partial charge in [0.15, 0.2) is 5.78 Å². The van der Waals surface area contributed by atoms with Crippen LogP contribution in [0.4, 0.5) is 20.2 Å². The van der Waals surface area contributed by atoms with Crippen molar-refractivity contribution < 1.29 is 13.6 Å². The third kappa shape index (κ3) is 2.78. The zero-order valence-electron chi connectivity index (χ0n) is 10.7. The van der Waals surface area contributed by atoms with Crippen LogP contribution < -0.4 is 4.90 Å².